The number of rotatable bonds is 2. The molecule has 0 N–H and O–H groups in total. The van der Waals surface area contributed by atoms with Gasteiger partial charge in [0.1, 0.15) is 0 Å². The maximum Gasteiger partial charge on any atom is 0.242 e. The monoisotopic (exact) mass is 279 g/mol. The fraction of sp³-hybridized carbons (Fsp3) is 0.286. The quantitative estimate of drug-likeness (QED) is 0.627. The number of ketones is 1. The molecule has 5 heteroatoms. The number of Topliss-reactive ketones (excluding diaryl/α,β-unsaturated/α-hetero) is 1. The van der Waals surface area contributed by atoms with E-state index in [1.165, 1.54) is 18.7 Å². The first kappa shape index (κ1) is 15.3. The summed E-state index contributed by atoms with van der Waals surface area (Å²) >= 11 is 1.56. The standard InChI is InChI=1S/C10H8OS.C4H9NO2/c1-7(11)10-6-8-4-2-3-5-9(8)12-10;1-4(6)5(2)7-3/h2-6H,1H3;1-3H3. The Kier molecular flexibility index (Phi) is 5.66. The van der Waals surface area contributed by atoms with Crippen LogP contribution in [-0.4, -0.2) is 30.9 Å². The summed E-state index contributed by atoms with van der Waals surface area (Å²) < 4.78 is 1.18. The van der Waals surface area contributed by atoms with Crippen molar-refractivity contribution >= 4 is 33.1 Å². The van der Waals surface area contributed by atoms with E-state index in [-0.39, 0.29) is 11.7 Å². The number of hydrogen-bond donors (Lipinski definition) is 0. The third-order valence-electron chi connectivity index (χ3n) is 2.49. The van der Waals surface area contributed by atoms with Gasteiger partial charge in [-0.1, -0.05) is 18.2 Å². The smallest absolute Gasteiger partial charge is 0.242 e. The summed E-state index contributed by atoms with van der Waals surface area (Å²) in [6.07, 6.45) is 0. The second-order valence-electron chi connectivity index (χ2n) is 3.90. The second kappa shape index (κ2) is 7.01. The Labute approximate surface area is 116 Å². The van der Waals surface area contributed by atoms with Crippen molar-refractivity contribution in [2.45, 2.75) is 13.8 Å². The van der Waals surface area contributed by atoms with Gasteiger partial charge in [-0.2, -0.15) is 0 Å². The molecule has 0 spiro atoms. The lowest BCUT2D eigenvalue weighted by Crippen LogP contribution is -2.21. The van der Waals surface area contributed by atoms with E-state index in [1.54, 1.807) is 25.3 Å². The van der Waals surface area contributed by atoms with Crippen molar-refractivity contribution in [1.29, 1.82) is 0 Å². The molecule has 0 saturated carbocycles. The van der Waals surface area contributed by atoms with Crippen LogP contribution in [0.4, 0.5) is 0 Å². The number of carbonyl (C=O) groups excluding carboxylic acids is 2. The normalized spacial score (nSPS) is 9.68. The van der Waals surface area contributed by atoms with Crippen LogP contribution in [0, 0.1) is 0 Å². The minimum absolute atomic E-state index is 0.0949. The first-order valence-electron chi connectivity index (χ1n) is 5.73. The molecule has 0 saturated heterocycles. The molecule has 1 heterocycles. The molecule has 1 aromatic heterocycles. The van der Waals surface area contributed by atoms with Gasteiger partial charge in [0, 0.05) is 18.7 Å². The lowest BCUT2D eigenvalue weighted by atomic mass is 10.2. The highest BCUT2D eigenvalue weighted by atomic mass is 32.1. The van der Waals surface area contributed by atoms with Gasteiger partial charge in [0.15, 0.2) is 5.78 Å². The zero-order valence-corrected chi connectivity index (χ0v) is 12.3. The Morgan fingerprint density at radius 2 is 1.84 bits per heavy atom. The van der Waals surface area contributed by atoms with Gasteiger partial charge in [0.05, 0.1) is 12.0 Å². The Balaban J connectivity index is 0.000000224. The summed E-state index contributed by atoms with van der Waals surface area (Å²) in [7, 11) is 3.00. The van der Waals surface area contributed by atoms with Crippen LogP contribution in [0.3, 0.4) is 0 Å². The molecule has 0 aliphatic rings. The van der Waals surface area contributed by atoms with Gasteiger partial charge in [-0.25, -0.2) is 5.06 Å². The fourth-order valence-electron chi connectivity index (χ4n) is 1.28. The molecule has 2 aromatic rings. The van der Waals surface area contributed by atoms with Crippen LogP contribution < -0.4 is 0 Å². The predicted octanol–water partition coefficient (Wildman–Crippen LogP) is 3.13. The average Bonchev–Trinajstić information content (AvgIpc) is 2.82. The van der Waals surface area contributed by atoms with Gasteiger partial charge in [-0.3, -0.25) is 14.4 Å². The van der Waals surface area contributed by atoms with Crippen molar-refractivity contribution in [3.05, 3.63) is 35.2 Å². The van der Waals surface area contributed by atoms with Crippen LogP contribution in [0.2, 0.25) is 0 Å². The van der Waals surface area contributed by atoms with Crippen molar-refractivity contribution in [2.24, 2.45) is 0 Å². The van der Waals surface area contributed by atoms with Crippen LogP contribution in [-0.2, 0) is 9.63 Å². The summed E-state index contributed by atoms with van der Waals surface area (Å²) in [6, 6.07) is 9.98. The first-order chi connectivity index (χ1) is 8.95. The maximum atomic E-state index is 11.0. The van der Waals surface area contributed by atoms with Crippen molar-refractivity contribution in [3.63, 3.8) is 0 Å². The minimum Gasteiger partial charge on any atom is -0.294 e. The van der Waals surface area contributed by atoms with E-state index in [1.807, 2.05) is 30.3 Å². The number of nitrogens with zero attached hydrogens (tertiary/aromatic N) is 1. The zero-order valence-electron chi connectivity index (χ0n) is 11.5. The molecule has 0 unspecified atom stereocenters. The highest BCUT2D eigenvalue weighted by molar-refractivity contribution is 7.20. The van der Waals surface area contributed by atoms with Crippen molar-refractivity contribution in [1.82, 2.24) is 5.06 Å². The largest absolute Gasteiger partial charge is 0.294 e. The molecule has 1 amide bonds. The molecule has 1 aromatic carbocycles. The van der Waals surface area contributed by atoms with E-state index >= 15 is 0 Å². The number of amides is 1. The van der Waals surface area contributed by atoms with Gasteiger partial charge in [0.25, 0.3) is 0 Å². The molecule has 0 radical (unpaired) electrons. The van der Waals surface area contributed by atoms with E-state index in [0.717, 1.165) is 15.3 Å². The molecular weight excluding hydrogens is 262 g/mol. The summed E-state index contributed by atoms with van der Waals surface area (Å²) in [5.41, 5.74) is 0. The second-order valence-corrected chi connectivity index (χ2v) is 4.99. The number of carbonyl (C=O) groups is 2. The Morgan fingerprint density at radius 3 is 2.26 bits per heavy atom. The molecule has 0 aliphatic heterocycles. The van der Waals surface area contributed by atoms with E-state index in [9.17, 15) is 9.59 Å². The summed E-state index contributed by atoms with van der Waals surface area (Å²) in [4.78, 5) is 26.5. The molecule has 102 valence electrons. The molecular formula is C14H17NO3S. The molecule has 0 atom stereocenters. The van der Waals surface area contributed by atoms with Gasteiger partial charge in [-0.15, -0.1) is 11.3 Å². The molecule has 4 nitrogen and oxygen atoms in total. The Hall–Kier alpha value is -1.72. The number of benzene rings is 1. The van der Waals surface area contributed by atoms with Crippen LogP contribution >= 0.6 is 11.3 Å². The summed E-state index contributed by atoms with van der Waals surface area (Å²) in [5, 5.41) is 2.31. The van der Waals surface area contributed by atoms with Gasteiger partial charge >= 0.3 is 0 Å². The van der Waals surface area contributed by atoms with Crippen LogP contribution in [0.5, 0.6) is 0 Å². The molecule has 0 aliphatic carbocycles. The van der Waals surface area contributed by atoms with Crippen LogP contribution in [0.25, 0.3) is 10.1 Å². The summed E-state index contributed by atoms with van der Waals surface area (Å²) in [5.74, 6) is 0.0544. The van der Waals surface area contributed by atoms with Gasteiger partial charge in [0.2, 0.25) is 5.91 Å². The first-order valence-corrected chi connectivity index (χ1v) is 6.55. The number of hydroxylamine groups is 2. The van der Waals surface area contributed by atoms with Crippen LogP contribution in [0.1, 0.15) is 23.5 Å². The minimum atomic E-state index is -0.0949. The number of hydrogen-bond acceptors (Lipinski definition) is 4. The van der Waals surface area contributed by atoms with E-state index in [4.69, 9.17) is 0 Å². The molecule has 19 heavy (non-hydrogen) atoms. The molecule has 0 fully saturated rings. The fourth-order valence-corrected chi connectivity index (χ4v) is 2.24. The Morgan fingerprint density at radius 1 is 1.21 bits per heavy atom. The van der Waals surface area contributed by atoms with Crippen LogP contribution in [0.15, 0.2) is 30.3 Å². The number of fused-ring (bicyclic) bond motifs is 1. The van der Waals surface area contributed by atoms with Gasteiger partial charge in [-0.05, 0) is 24.4 Å². The lowest BCUT2D eigenvalue weighted by Gasteiger charge is -2.08. The molecule has 0 bridgehead atoms. The summed E-state index contributed by atoms with van der Waals surface area (Å²) in [6.45, 7) is 3.04. The Bertz CT molecular complexity index is 544. The van der Waals surface area contributed by atoms with Crippen molar-refractivity contribution < 1.29 is 14.4 Å². The third kappa shape index (κ3) is 4.46. The van der Waals surface area contributed by atoms with Crippen molar-refractivity contribution in [2.75, 3.05) is 14.2 Å². The maximum absolute atomic E-state index is 11.0. The van der Waals surface area contributed by atoms with E-state index < -0.39 is 0 Å². The third-order valence-corrected chi connectivity index (χ3v) is 3.71. The van der Waals surface area contributed by atoms with E-state index in [2.05, 4.69) is 4.84 Å². The van der Waals surface area contributed by atoms with Crippen molar-refractivity contribution in [3.8, 4) is 0 Å². The average molecular weight is 279 g/mol. The predicted molar refractivity (Wildman–Crippen MR) is 77.3 cm³/mol. The van der Waals surface area contributed by atoms with E-state index in [0.29, 0.717) is 0 Å². The van der Waals surface area contributed by atoms with Gasteiger partial charge < -0.3 is 0 Å². The topological polar surface area (TPSA) is 46.6 Å². The highest BCUT2D eigenvalue weighted by Crippen LogP contribution is 2.25. The highest BCUT2D eigenvalue weighted by Gasteiger charge is 2.03. The SMILES string of the molecule is CC(=O)c1cc2ccccc2s1.CON(C)C(C)=O. The molecule has 2 rings (SSSR count). The lowest BCUT2D eigenvalue weighted by molar-refractivity contribution is -0.165. The number of thiophene rings is 1. The zero-order chi connectivity index (χ0) is 14.4.